The van der Waals surface area contributed by atoms with Crippen LogP contribution in [0.15, 0.2) is 0 Å². The summed E-state index contributed by atoms with van der Waals surface area (Å²) >= 11 is 0. The van der Waals surface area contributed by atoms with Gasteiger partial charge in [-0.25, -0.2) is 0 Å². The second-order valence-corrected chi connectivity index (χ2v) is 4.44. The van der Waals surface area contributed by atoms with Crippen LogP contribution in [0.2, 0.25) is 0 Å². The van der Waals surface area contributed by atoms with Crippen molar-refractivity contribution in [2.24, 2.45) is 17.8 Å². The first kappa shape index (κ1) is 16.9. The Labute approximate surface area is 107 Å². The molecule has 2 unspecified atom stereocenters. The number of rotatable bonds is 12. The van der Waals surface area contributed by atoms with Crippen molar-refractivity contribution in [3.8, 4) is 0 Å². The number of carbonyl (C=O) groups excluding carboxylic acids is 3. The van der Waals surface area contributed by atoms with Gasteiger partial charge >= 0.3 is 0 Å². The normalized spacial score (nSPS) is 15.7. The van der Waals surface area contributed by atoms with E-state index >= 15 is 0 Å². The Morgan fingerprint density at radius 3 is 1.50 bits per heavy atom. The Kier molecular flexibility index (Phi) is 10.4. The molecule has 0 fully saturated rings. The summed E-state index contributed by atoms with van der Waals surface area (Å²) in [5.41, 5.74) is 0. The molecule has 0 heterocycles. The van der Waals surface area contributed by atoms with Crippen molar-refractivity contribution >= 4 is 18.9 Å². The lowest BCUT2D eigenvalue weighted by Crippen LogP contribution is -2.29. The molecule has 0 bridgehead atoms. The highest BCUT2D eigenvalue weighted by molar-refractivity contribution is 5.51. The Bertz CT molecular complexity index is 222. The summed E-state index contributed by atoms with van der Waals surface area (Å²) in [7, 11) is 0. The first-order valence-electron chi connectivity index (χ1n) is 6.27. The van der Waals surface area contributed by atoms with Gasteiger partial charge in [-0.3, -0.25) is 0 Å². The van der Waals surface area contributed by atoms with Crippen LogP contribution in [0.5, 0.6) is 0 Å². The van der Waals surface area contributed by atoms with Gasteiger partial charge in [0.1, 0.15) is 18.9 Å². The molecule has 0 aliphatic rings. The van der Waals surface area contributed by atoms with Crippen LogP contribution in [-0.4, -0.2) is 42.3 Å². The smallest absolute Gasteiger partial charge is 0.120 e. The van der Waals surface area contributed by atoms with Gasteiger partial charge in [0.05, 0.1) is 0 Å². The lowest BCUT2D eigenvalue weighted by atomic mass is 9.76. The van der Waals surface area contributed by atoms with Crippen molar-refractivity contribution in [2.75, 3.05) is 13.2 Å². The van der Waals surface area contributed by atoms with Crippen molar-refractivity contribution in [1.29, 1.82) is 0 Å². The highest BCUT2D eigenvalue weighted by atomic mass is 16.3. The van der Waals surface area contributed by atoms with Crippen LogP contribution in [0.1, 0.15) is 32.1 Å². The maximum Gasteiger partial charge on any atom is 0.120 e. The topological polar surface area (TPSA) is 91.7 Å². The third kappa shape index (κ3) is 6.02. The Morgan fingerprint density at radius 1 is 0.778 bits per heavy atom. The van der Waals surface area contributed by atoms with E-state index in [0.29, 0.717) is 25.7 Å². The molecule has 0 aromatic carbocycles. The van der Waals surface area contributed by atoms with Crippen molar-refractivity contribution in [1.82, 2.24) is 0 Å². The highest BCUT2D eigenvalue weighted by Crippen LogP contribution is 2.30. The number of aldehydes is 3. The average Bonchev–Trinajstić information content (AvgIpc) is 2.40. The number of hydrogen-bond donors (Lipinski definition) is 2. The molecule has 0 spiro atoms. The quantitative estimate of drug-likeness (QED) is 0.493. The summed E-state index contributed by atoms with van der Waals surface area (Å²) in [5, 5.41) is 18.7. The second-order valence-electron chi connectivity index (χ2n) is 4.44. The molecule has 0 aliphatic heterocycles. The van der Waals surface area contributed by atoms with Crippen LogP contribution >= 0.6 is 0 Å². The fourth-order valence-electron chi connectivity index (χ4n) is 2.33. The van der Waals surface area contributed by atoms with Crippen LogP contribution < -0.4 is 0 Å². The zero-order chi connectivity index (χ0) is 13.8. The standard InChI is InChI=1S/C13H22O5/c14-6-1-3-11(9-17)13(5-8-16)12(10-18)4-2-7-15/h6-8,11-13,17-18H,1-5,9-10H2. The van der Waals surface area contributed by atoms with E-state index in [2.05, 4.69) is 0 Å². The summed E-state index contributed by atoms with van der Waals surface area (Å²) in [5.74, 6) is -0.564. The minimum Gasteiger partial charge on any atom is -0.396 e. The predicted molar refractivity (Wildman–Crippen MR) is 65.9 cm³/mol. The third-order valence-corrected chi connectivity index (χ3v) is 3.36. The maximum absolute atomic E-state index is 10.7. The van der Waals surface area contributed by atoms with Crippen molar-refractivity contribution < 1.29 is 24.6 Å². The fraction of sp³-hybridized carbons (Fsp3) is 0.769. The summed E-state index contributed by atoms with van der Waals surface area (Å²) in [6, 6.07) is 0. The summed E-state index contributed by atoms with van der Waals surface area (Å²) in [4.78, 5) is 31.4. The van der Waals surface area contributed by atoms with E-state index in [0.717, 1.165) is 18.9 Å². The SMILES string of the molecule is O=CCCC(CO)C(CC=O)C(CO)CCC=O. The number of carbonyl (C=O) groups is 3. The van der Waals surface area contributed by atoms with Gasteiger partial charge in [-0.15, -0.1) is 0 Å². The van der Waals surface area contributed by atoms with Crippen molar-refractivity contribution in [3.63, 3.8) is 0 Å². The van der Waals surface area contributed by atoms with Gasteiger partial charge in [-0.1, -0.05) is 0 Å². The molecule has 0 aromatic rings. The third-order valence-electron chi connectivity index (χ3n) is 3.36. The monoisotopic (exact) mass is 258 g/mol. The lowest BCUT2D eigenvalue weighted by Gasteiger charge is -2.30. The van der Waals surface area contributed by atoms with Gasteiger partial charge in [0, 0.05) is 32.5 Å². The minimum atomic E-state index is -0.191. The molecule has 5 nitrogen and oxygen atoms in total. The van der Waals surface area contributed by atoms with Crippen LogP contribution in [-0.2, 0) is 14.4 Å². The molecule has 5 heteroatoms. The van der Waals surface area contributed by atoms with Gasteiger partial charge in [0.25, 0.3) is 0 Å². The van der Waals surface area contributed by atoms with Crippen LogP contribution in [0, 0.1) is 17.8 Å². The molecule has 0 aliphatic carbocycles. The van der Waals surface area contributed by atoms with Crippen molar-refractivity contribution in [2.45, 2.75) is 32.1 Å². The minimum absolute atomic E-state index is 0.121. The fourth-order valence-corrected chi connectivity index (χ4v) is 2.33. The van der Waals surface area contributed by atoms with Gasteiger partial charge in [0.2, 0.25) is 0 Å². The first-order valence-corrected chi connectivity index (χ1v) is 6.27. The molecule has 0 amide bonds. The summed E-state index contributed by atoms with van der Waals surface area (Å²) < 4.78 is 0. The maximum atomic E-state index is 10.7. The molecule has 0 radical (unpaired) electrons. The zero-order valence-corrected chi connectivity index (χ0v) is 10.5. The highest BCUT2D eigenvalue weighted by Gasteiger charge is 2.28. The summed E-state index contributed by atoms with van der Waals surface area (Å²) in [6.45, 7) is -0.242. The lowest BCUT2D eigenvalue weighted by molar-refractivity contribution is -0.110. The number of hydrogen-bond acceptors (Lipinski definition) is 5. The van der Waals surface area contributed by atoms with E-state index in [1.807, 2.05) is 0 Å². The molecule has 0 saturated carbocycles. The molecule has 0 aromatic heterocycles. The van der Waals surface area contributed by atoms with Crippen LogP contribution in [0.3, 0.4) is 0 Å². The van der Waals surface area contributed by atoms with Crippen molar-refractivity contribution in [3.05, 3.63) is 0 Å². The molecule has 0 rings (SSSR count). The van der Waals surface area contributed by atoms with Gasteiger partial charge < -0.3 is 24.6 Å². The molecule has 104 valence electrons. The van der Waals surface area contributed by atoms with E-state index in [-0.39, 0.29) is 37.4 Å². The van der Waals surface area contributed by atoms with E-state index in [4.69, 9.17) is 0 Å². The molecule has 2 N–H and O–H groups in total. The molecule has 2 atom stereocenters. The zero-order valence-electron chi connectivity index (χ0n) is 10.5. The Hall–Kier alpha value is -1.07. The van der Waals surface area contributed by atoms with E-state index in [1.165, 1.54) is 0 Å². The number of aliphatic hydroxyl groups is 2. The summed E-state index contributed by atoms with van der Waals surface area (Å²) in [6.07, 6.45) is 4.19. The Morgan fingerprint density at radius 2 is 1.22 bits per heavy atom. The molecule has 18 heavy (non-hydrogen) atoms. The largest absolute Gasteiger partial charge is 0.396 e. The second kappa shape index (κ2) is 11.0. The molecule has 0 saturated heterocycles. The van der Waals surface area contributed by atoms with Gasteiger partial charge in [0.15, 0.2) is 0 Å². The molecular formula is C13H22O5. The van der Waals surface area contributed by atoms with Gasteiger partial charge in [-0.05, 0) is 30.6 Å². The van der Waals surface area contributed by atoms with E-state index in [1.54, 1.807) is 0 Å². The first-order chi connectivity index (χ1) is 8.74. The number of aliphatic hydroxyl groups excluding tert-OH is 2. The Balaban J connectivity index is 4.66. The average molecular weight is 258 g/mol. The van der Waals surface area contributed by atoms with Crippen LogP contribution in [0.25, 0.3) is 0 Å². The van der Waals surface area contributed by atoms with Crippen LogP contribution in [0.4, 0.5) is 0 Å². The molecular weight excluding hydrogens is 236 g/mol. The predicted octanol–water partition coefficient (Wildman–Crippen LogP) is 0.367. The van der Waals surface area contributed by atoms with Gasteiger partial charge in [-0.2, -0.15) is 0 Å². The van der Waals surface area contributed by atoms with E-state index in [9.17, 15) is 24.6 Å². The van der Waals surface area contributed by atoms with E-state index < -0.39 is 0 Å².